The van der Waals surface area contributed by atoms with E-state index in [2.05, 4.69) is 30.9 Å². The predicted molar refractivity (Wildman–Crippen MR) is 91.7 cm³/mol. The van der Waals surface area contributed by atoms with Gasteiger partial charge in [0.15, 0.2) is 0 Å². The Hall–Kier alpha value is -0.570. The molecular formula is C18H29ClN2. The van der Waals surface area contributed by atoms with E-state index in [0.29, 0.717) is 6.04 Å². The molecule has 2 atom stereocenters. The van der Waals surface area contributed by atoms with Crippen molar-refractivity contribution in [1.82, 2.24) is 4.90 Å². The molecule has 1 aliphatic rings. The van der Waals surface area contributed by atoms with E-state index in [-0.39, 0.29) is 6.04 Å². The first-order valence-electron chi connectivity index (χ1n) is 8.40. The van der Waals surface area contributed by atoms with Crippen LogP contribution in [-0.4, -0.2) is 24.0 Å². The van der Waals surface area contributed by atoms with Crippen LogP contribution in [0.2, 0.25) is 5.02 Å². The number of nitrogens with two attached hydrogens (primary N) is 1. The molecule has 1 aromatic carbocycles. The molecule has 2 N–H and O–H groups in total. The van der Waals surface area contributed by atoms with Gasteiger partial charge in [-0.1, -0.05) is 50.4 Å². The second-order valence-electron chi connectivity index (χ2n) is 6.34. The Bertz CT molecular complexity index is 427. The minimum absolute atomic E-state index is 0.172. The lowest BCUT2D eigenvalue weighted by Gasteiger charge is -2.40. The average molecular weight is 309 g/mol. The van der Waals surface area contributed by atoms with Gasteiger partial charge in [0.05, 0.1) is 0 Å². The summed E-state index contributed by atoms with van der Waals surface area (Å²) in [5.74, 6) is 0.907. The van der Waals surface area contributed by atoms with Gasteiger partial charge in [0.2, 0.25) is 0 Å². The van der Waals surface area contributed by atoms with Crippen LogP contribution in [0.4, 0.5) is 0 Å². The van der Waals surface area contributed by atoms with Gasteiger partial charge in [0.25, 0.3) is 0 Å². The minimum Gasteiger partial charge on any atom is -0.326 e. The molecule has 0 spiro atoms. The zero-order chi connectivity index (χ0) is 15.2. The first kappa shape index (κ1) is 16.8. The van der Waals surface area contributed by atoms with Gasteiger partial charge in [-0.3, -0.25) is 4.90 Å². The highest BCUT2D eigenvalue weighted by molar-refractivity contribution is 6.30. The number of halogens is 1. The molecule has 3 heteroatoms. The van der Waals surface area contributed by atoms with E-state index in [9.17, 15) is 0 Å². The van der Waals surface area contributed by atoms with Crippen molar-refractivity contribution in [3.05, 3.63) is 34.9 Å². The first-order valence-corrected chi connectivity index (χ1v) is 8.78. The van der Waals surface area contributed by atoms with Gasteiger partial charge < -0.3 is 5.73 Å². The van der Waals surface area contributed by atoms with Crippen molar-refractivity contribution in [2.45, 2.75) is 58.0 Å². The van der Waals surface area contributed by atoms with Crippen LogP contribution in [0, 0.1) is 5.92 Å². The van der Waals surface area contributed by atoms with E-state index < -0.39 is 0 Å². The van der Waals surface area contributed by atoms with Gasteiger partial charge in [-0.25, -0.2) is 0 Å². The van der Waals surface area contributed by atoms with E-state index in [4.69, 9.17) is 17.3 Å². The molecule has 0 aromatic heterocycles. The lowest BCUT2D eigenvalue weighted by molar-refractivity contribution is 0.111. The van der Waals surface area contributed by atoms with Gasteiger partial charge >= 0.3 is 0 Å². The number of benzene rings is 1. The van der Waals surface area contributed by atoms with Crippen LogP contribution >= 0.6 is 11.6 Å². The predicted octanol–water partition coefficient (Wildman–Crippen LogP) is 4.63. The van der Waals surface area contributed by atoms with Gasteiger partial charge in [0, 0.05) is 17.1 Å². The largest absolute Gasteiger partial charge is 0.326 e. The lowest BCUT2D eigenvalue weighted by atomic mass is 9.89. The summed E-state index contributed by atoms with van der Waals surface area (Å²) in [5.41, 5.74) is 7.71. The Labute approximate surface area is 134 Å². The Kier molecular flexibility index (Phi) is 6.53. The number of nitrogens with zero attached hydrogens (tertiary/aromatic N) is 1. The van der Waals surface area contributed by atoms with Crippen molar-refractivity contribution in [3.63, 3.8) is 0 Å². The van der Waals surface area contributed by atoms with Gasteiger partial charge in [-0.2, -0.15) is 0 Å². The second-order valence-corrected chi connectivity index (χ2v) is 6.78. The molecule has 21 heavy (non-hydrogen) atoms. The molecule has 1 heterocycles. The summed E-state index contributed by atoms with van der Waals surface area (Å²) in [6, 6.07) is 8.70. The number of rotatable bonds is 6. The third kappa shape index (κ3) is 4.45. The van der Waals surface area contributed by atoms with E-state index in [1.54, 1.807) is 0 Å². The highest BCUT2D eigenvalue weighted by atomic mass is 35.5. The van der Waals surface area contributed by atoms with Crippen molar-refractivity contribution in [2.24, 2.45) is 11.7 Å². The van der Waals surface area contributed by atoms with Crippen LogP contribution < -0.4 is 5.73 Å². The summed E-state index contributed by atoms with van der Waals surface area (Å²) in [5, 5.41) is 0.807. The third-order valence-corrected chi connectivity index (χ3v) is 5.04. The summed E-state index contributed by atoms with van der Waals surface area (Å²) < 4.78 is 0. The standard InChI is InChI=1S/C18H29ClN2/c1-3-6-14-9-11-21(12-10-14)18(17(20)4-2)15-7-5-8-16(19)13-15/h5,7-8,13-14,17-18H,3-4,6,9-12,20H2,1-2H3. The average Bonchev–Trinajstić information content (AvgIpc) is 2.49. The fourth-order valence-corrected chi connectivity index (χ4v) is 3.77. The Morgan fingerprint density at radius 3 is 2.57 bits per heavy atom. The normalized spacial score (nSPS) is 20.4. The van der Waals surface area contributed by atoms with Crippen molar-refractivity contribution in [3.8, 4) is 0 Å². The Balaban J connectivity index is 2.11. The van der Waals surface area contributed by atoms with Gasteiger partial charge in [-0.05, 0) is 56.0 Å². The van der Waals surface area contributed by atoms with Gasteiger partial charge in [0.1, 0.15) is 0 Å². The Morgan fingerprint density at radius 1 is 1.29 bits per heavy atom. The van der Waals surface area contributed by atoms with Crippen molar-refractivity contribution >= 4 is 11.6 Å². The van der Waals surface area contributed by atoms with Crippen molar-refractivity contribution in [2.75, 3.05) is 13.1 Å². The molecule has 0 bridgehead atoms. The molecule has 0 amide bonds. The molecule has 0 saturated carbocycles. The molecule has 2 unspecified atom stereocenters. The molecule has 1 aromatic rings. The topological polar surface area (TPSA) is 29.3 Å². The molecule has 1 saturated heterocycles. The summed E-state index contributed by atoms with van der Waals surface area (Å²) >= 11 is 6.18. The second kappa shape index (κ2) is 8.17. The Morgan fingerprint density at radius 2 is 2.00 bits per heavy atom. The maximum Gasteiger partial charge on any atom is 0.0499 e. The van der Waals surface area contributed by atoms with E-state index in [1.165, 1.54) is 31.2 Å². The zero-order valence-electron chi connectivity index (χ0n) is 13.4. The van der Waals surface area contributed by atoms with Gasteiger partial charge in [-0.15, -0.1) is 0 Å². The van der Waals surface area contributed by atoms with Crippen molar-refractivity contribution < 1.29 is 0 Å². The quantitative estimate of drug-likeness (QED) is 0.830. The number of likely N-dealkylation sites (tertiary alicyclic amines) is 1. The smallest absolute Gasteiger partial charge is 0.0499 e. The zero-order valence-corrected chi connectivity index (χ0v) is 14.1. The maximum atomic E-state index is 6.44. The third-order valence-electron chi connectivity index (χ3n) is 4.81. The number of hydrogen-bond donors (Lipinski definition) is 1. The van der Waals surface area contributed by atoms with E-state index in [0.717, 1.165) is 30.5 Å². The van der Waals surface area contributed by atoms with E-state index >= 15 is 0 Å². The molecule has 1 fully saturated rings. The molecule has 118 valence electrons. The summed E-state index contributed by atoms with van der Waals surface area (Å²) in [6.07, 6.45) is 6.28. The molecule has 2 rings (SSSR count). The highest BCUT2D eigenvalue weighted by Crippen LogP contribution is 2.32. The molecular weight excluding hydrogens is 280 g/mol. The van der Waals surface area contributed by atoms with Crippen LogP contribution in [0.1, 0.15) is 57.6 Å². The van der Waals surface area contributed by atoms with Crippen LogP contribution in [0.3, 0.4) is 0 Å². The van der Waals surface area contributed by atoms with Crippen LogP contribution in [-0.2, 0) is 0 Å². The molecule has 0 radical (unpaired) electrons. The first-order chi connectivity index (χ1) is 10.2. The fourth-order valence-electron chi connectivity index (χ4n) is 3.57. The van der Waals surface area contributed by atoms with Crippen molar-refractivity contribution in [1.29, 1.82) is 0 Å². The summed E-state index contributed by atoms with van der Waals surface area (Å²) in [7, 11) is 0. The lowest BCUT2D eigenvalue weighted by Crippen LogP contribution is -2.44. The summed E-state index contributed by atoms with van der Waals surface area (Å²) in [4.78, 5) is 2.58. The molecule has 2 nitrogen and oxygen atoms in total. The van der Waals surface area contributed by atoms with Crippen LogP contribution in [0.5, 0.6) is 0 Å². The minimum atomic E-state index is 0.172. The van der Waals surface area contributed by atoms with Crippen LogP contribution in [0.15, 0.2) is 24.3 Å². The SMILES string of the molecule is CCCC1CCN(C(c2cccc(Cl)c2)C(N)CC)CC1. The molecule has 1 aliphatic heterocycles. The maximum absolute atomic E-state index is 6.44. The number of hydrogen-bond acceptors (Lipinski definition) is 2. The highest BCUT2D eigenvalue weighted by Gasteiger charge is 2.29. The summed E-state index contributed by atoms with van der Waals surface area (Å²) in [6.45, 7) is 6.78. The number of piperidine rings is 1. The fraction of sp³-hybridized carbons (Fsp3) is 0.667. The molecule has 0 aliphatic carbocycles. The monoisotopic (exact) mass is 308 g/mol. The van der Waals surface area contributed by atoms with Crippen LogP contribution in [0.25, 0.3) is 0 Å². The van der Waals surface area contributed by atoms with E-state index in [1.807, 2.05) is 12.1 Å².